The summed E-state index contributed by atoms with van der Waals surface area (Å²) in [4.78, 5) is 31.2. The third-order valence-electron chi connectivity index (χ3n) is 6.74. The monoisotopic (exact) mass is 490 g/mol. The van der Waals surface area contributed by atoms with Gasteiger partial charge in [-0.15, -0.1) is 0 Å². The highest BCUT2D eigenvalue weighted by Gasteiger charge is 2.43. The number of amides is 2. The van der Waals surface area contributed by atoms with Gasteiger partial charge >= 0.3 is 0 Å². The van der Waals surface area contributed by atoms with Gasteiger partial charge in [-0.25, -0.2) is 5.48 Å². The maximum absolute atomic E-state index is 12.9. The zero-order valence-electron chi connectivity index (χ0n) is 21.0. The predicted molar refractivity (Wildman–Crippen MR) is 137 cm³/mol. The smallest absolute Gasteiger partial charge is 0.266 e. The zero-order chi connectivity index (χ0) is 25.8. The Labute approximate surface area is 211 Å². The summed E-state index contributed by atoms with van der Waals surface area (Å²) in [5.74, 6) is -0.0338. The lowest BCUT2D eigenvalue weighted by molar-refractivity contribution is -0.143. The molecule has 1 aromatic heterocycles. The Bertz CT molecular complexity index is 1230. The summed E-state index contributed by atoms with van der Waals surface area (Å²) in [6.45, 7) is 6.72. The number of carbonyl (C=O) groups excluding carboxylic acids is 2. The number of nitrogens with one attached hydrogen (secondary N) is 1. The van der Waals surface area contributed by atoms with E-state index in [4.69, 9.17) is 15.7 Å². The van der Waals surface area contributed by atoms with Crippen molar-refractivity contribution in [2.45, 2.75) is 52.3 Å². The number of nitrogens with zero attached hydrogens (tertiary/aromatic N) is 2. The van der Waals surface area contributed by atoms with Crippen molar-refractivity contribution in [3.63, 3.8) is 0 Å². The van der Waals surface area contributed by atoms with Gasteiger partial charge in [0.25, 0.3) is 5.91 Å². The molecule has 4 rings (SSSR count). The number of benzene rings is 2. The van der Waals surface area contributed by atoms with Crippen molar-refractivity contribution in [1.82, 2.24) is 15.4 Å². The first-order chi connectivity index (χ1) is 17.3. The normalized spacial score (nSPS) is 18.6. The Morgan fingerprint density at radius 3 is 2.64 bits per heavy atom. The number of para-hydroxylation sites is 1. The van der Waals surface area contributed by atoms with Crippen molar-refractivity contribution in [1.29, 1.82) is 0 Å². The molecule has 2 amide bonds. The van der Waals surface area contributed by atoms with Gasteiger partial charge in [-0.1, -0.05) is 44.2 Å². The van der Waals surface area contributed by atoms with Gasteiger partial charge in [-0.2, -0.15) is 0 Å². The summed E-state index contributed by atoms with van der Waals surface area (Å²) >= 11 is 0. The van der Waals surface area contributed by atoms with Crippen LogP contribution < -0.4 is 16.0 Å². The highest BCUT2D eigenvalue weighted by atomic mass is 16.5. The summed E-state index contributed by atoms with van der Waals surface area (Å²) in [6.07, 6.45) is 1.06. The second kappa shape index (κ2) is 11.1. The van der Waals surface area contributed by atoms with Crippen molar-refractivity contribution < 1.29 is 19.5 Å². The molecule has 2 heterocycles. The fourth-order valence-electron chi connectivity index (χ4n) is 4.92. The fourth-order valence-corrected chi connectivity index (χ4v) is 4.92. The molecule has 0 saturated carbocycles. The fraction of sp³-hybridized carbons (Fsp3) is 0.393. The Hall–Kier alpha value is -3.49. The summed E-state index contributed by atoms with van der Waals surface area (Å²) in [5.41, 5.74) is 12.0. The minimum absolute atomic E-state index is 0.128. The SMILES string of the molecule is Cc1cc(COc2ccc(CC3CN([C@H](CC(C)C)C(=O)NO)C(=O)[C@H]3N)cc2)c2ccccc2n1. The van der Waals surface area contributed by atoms with Crippen LogP contribution in [0, 0.1) is 18.8 Å². The molecule has 1 aliphatic rings. The first-order valence-corrected chi connectivity index (χ1v) is 12.3. The molecule has 1 saturated heterocycles. The van der Waals surface area contributed by atoms with E-state index in [1.807, 2.05) is 69.3 Å². The van der Waals surface area contributed by atoms with Crippen molar-refractivity contribution in [2.75, 3.05) is 6.54 Å². The largest absolute Gasteiger partial charge is 0.489 e. The number of likely N-dealkylation sites (tertiary alicyclic amines) is 1. The average molecular weight is 491 g/mol. The minimum atomic E-state index is -0.734. The second-order valence-electron chi connectivity index (χ2n) is 9.97. The molecule has 0 aliphatic carbocycles. The standard InChI is InChI=1S/C28H34N4O4/c1-17(2)12-25(27(33)31-35)32-15-20(26(29)28(32)34)14-19-8-10-22(11-9-19)36-16-21-13-18(3)30-24-7-5-4-6-23(21)24/h4-11,13,17,20,25-26,35H,12,14-16,29H2,1-3H3,(H,31,33)/t20?,25-,26+/m1/s1. The van der Waals surface area contributed by atoms with Gasteiger partial charge < -0.3 is 15.4 Å². The van der Waals surface area contributed by atoms with Crippen LogP contribution in [0.2, 0.25) is 0 Å². The first kappa shape index (κ1) is 25.6. The molecule has 0 bridgehead atoms. The van der Waals surface area contributed by atoms with Gasteiger partial charge in [0.05, 0.1) is 11.6 Å². The molecular formula is C28H34N4O4. The second-order valence-corrected chi connectivity index (χ2v) is 9.97. The Morgan fingerprint density at radius 1 is 1.22 bits per heavy atom. The maximum Gasteiger partial charge on any atom is 0.266 e. The number of aromatic nitrogens is 1. The molecule has 36 heavy (non-hydrogen) atoms. The molecule has 0 radical (unpaired) electrons. The van der Waals surface area contributed by atoms with Gasteiger partial charge in [0.1, 0.15) is 18.4 Å². The van der Waals surface area contributed by atoms with Crippen LogP contribution >= 0.6 is 0 Å². The Morgan fingerprint density at radius 2 is 1.94 bits per heavy atom. The van der Waals surface area contributed by atoms with E-state index in [1.165, 1.54) is 4.90 Å². The molecule has 1 unspecified atom stereocenters. The highest BCUT2D eigenvalue weighted by Crippen LogP contribution is 2.27. The van der Waals surface area contributed by atoms with Gasteiger partial charge in [0.15, 0.2) is 0 Å². The first-order valence-electron chi connectivity index (χ1n) is 12.3. The lowest BCUT2D eigenvalue weighted by atomic mass is 9.95. The van der Waals surface area contributed by atoms with Crippen LogP contribution in [0.15, 0.2) is 54.6 Å². The molecule has 8 nitrogen and oxygen atoms in total. The van der Waals surface area contributed by atoms with Crippen LogP contribution in [0.4, 0.5) is 0 Å². The number of hydrogen-bond donors (Lipinski definition) is 3. The molecule has 190 valence electrons. The van der Waals surface area contributed by atoms with Gasteiger partial charge in [-0.05, 0) is 55.5 Å². The van der Waals surface area contributed by atoms with Crippen molar-refractivity contribution in [2.24, 2.45) is 17.6 Å². The summed E-state index contributed by atoms with van der Waals surface area (Å²) < 4.78 is 6.06. The van der Waals surface area contributed by atoms with Crippen molar-refractivity contribution >= 4 is 22.7 Å². The van der Waals surface area contributed by atoms with Crippen LogP contribution in [0.3, 0.4) is 0 Å². The van der Waals surface area contributed by atoms with Crippen LogP contribution in [-0.2, 0) is 22.6 Å². The zero-order valence-corrected chi connectivity index (χ0v) is 21.0. The van der Waals surface area contributed by atoms with E-state index >= 15 is 0 Å². The van der Waals surface area contributed by atoms with Crippen LogP contribution in [0.1, 0.15) is 37.1 Å². The number of nitrogens with two attached hydrogens (primary N) is 1. The summed E-state index contributed by atoms with van der Waals surface area (Å²) in [5, 5.41) is 10.2. The van der Waals surface area contributed by atoms with E-state index in [9.17, 15) is 9.59 Å². The van der Waals surface area contributed by atoms with E-state index in [0.29, 0.717) is 26.0 Å². The van der Waals surface area contributed by atoms with Crippen molar-refractivity contribution in [3.05, 3.63) is 71.4 Å². The van der Waals surface area contributed by atoms with E-state index < -0.39 is 18.0 Å². The molecule has 3 aromatic rings. The van der Waals surface area contributed by atoms with Crippen LogP contribution in [0.5, 0.6) is 5.75 Å². The summed E-state index contributed by atoms with van der Waals surface area (Å²) in [7, 11) is 0. The maximum atomic E-state index is 12.9. The topological polar surface area (TPSA) is 118 Å². The molecule has 2 aromatic carbocycles. The molecule has 4 N–H and O–H groups in total. The van der Waals surface area contributed by atoms with Crippen LogP contribution in [-0.4, -0.2) is 45.5 Å². The number of pyridine rings is 1. The van der Waals surface area contributed by atoms with E-state index in [1.54, 1.807) is 5.48 Å². The number of fused-ring (bicyclic) bond motifs is 1. The van der Waals surface area contributed by atoms with Gasteiger partial charge in [0, 0.05) is 29.1 Å². The van der Waals surface area contributed by atoms with E-state index in [0.717, 1.165) is 33.5 Å². The van der Waals surface area contributed by atoms with Crippen LogP contribution in [0.25, 0.3) is 10.9 Å². The lowest BCUT2D eigenvalue weighted by Gasteiger charge is -2.27. The van der Waals surface area contributed by atoms with Gasteiger partial charge in [-0.3, -0.25) is 19.8 Å². The number of rotatable bonds is 9. The van der Waals surface area contributed by atoms with E-state index in [-0.39, 0.29) is 17.7 Å². The molecule has 1 fully saturated rings. The van der Waals surface area contributed by atoms with Crippen molar-refractivity contribution in [3.8, 4) is 5.75 Å². The lowest BCUT2D eigenvalue weighted by Crippen LogP contribution is -2.49. The third kappa shape index (κ3) is 5.66. The molecule has 8 heteroatoms. The number of carbonyl (C=O) groups is 2. The number of hydrogen-bond acceptors (Lipinski definition) is 6. The molecule has 0 spiro atoms. The quantitative estimate of drug-likeness (QED) is 0.313. The van der Waals surface area contributed by atoms with E-state index in [2.05, 4.69) is 11.1 Å². The predicted octanol–water partition coefficient (Wildman–Crippen LogP) is 3.37. The number of ether oxygens (including phenoxy) is 1. The molecule has 3 atom stereocenters. The molecule has 1 aliphatic heterocycles. The third-order valence-corrected chi connectivity index (χ3v) is 6.74. The number of aryl methyl sites for hydroxylation is 1. The average Bonchev–Trinajstić information content (AvgIpc) is 3.14. The molecular weight excluding hydrogens is 456 g/mol. The summed E-state index contributed by atoms with van der Waals surface area (Å²) in [6, 6.07) is 16.5. The Kier molecular flexibility index (Phi) is 7.86. The Balaban J connectivity index is 1.40. The van der Waals surface area contributed by atoms with Gasteiger partial charge in [0.2, 0.25) is 5.91 Å². The number of hydroxylamine groups is 1. The highest BCUT2D eigenvalue weighted by molar-refractivity contribution is 5.91. The minimum Gasteiger partial charge on any atom is -0.489 e.